The van der Waals surface area contributed by atoms with E-state index < -0.39 is 18.3 Å². The molecule has 1 aliphatic rings. The average Bonchev–Trinajstić information content (AvgIpc) is 2.14. The van der Waals surface area contributed by atoms with Crippen LogP contribution < -0.4 is 62.2 Å². The smallest absolute Gasteiger partial charge is 0.445 e. The van der Waals surface area contributed by atoms with E-state index in [2.05, 4.69) is 5.32 Å². The van der Waals surface area contributed by atoms with Gasteiger partial charge in [0.1, 0.15) is 0 Å². The van der Waals surface area contributed by atoms with Crippen LogP contribution in [0.5, 0.6) is 0 Å². The summed E-state index contributed by atoms with van der Waals surface area (Å²) >= 11 is 0. The summed E-state index contributed by atoms with van der Waals surface area (Å²) in [5.41, 5.74) is -0.761. The van der Waals surface area contributed by atoms with Gasteiger partial charge < -0.3 is 18.3 Å². The van der Waals surface area contributed by atoms with E-state index >= 15 is 0 Å². The Hall–Kier alpha value is 0.111. The van der Waals surface area contributed by atoms with E-state index in [0.717, 1.165) is 12.1 Å². The van der Waals surface area contributed by atoms with Crippen molar-refractivity contribution in [3.63, 3.8) is 0 Å². The SMILES string of the molecule is O=C1CCc2cc([B-](F)(F)F)c(F)cc2N1.[K+]. The molecule has 0 atom stereocenters. The second-order valence-electron chi connectivity index (χ2n) is 3.65. The number of fused-ring (bicyclic) bond motifs is 1. The number of hydrogen-bond donors (Lipinski definition) is 1. The molecule has 0 unspecified atom stereocenters. The van der Waals surface area contributed by atoms with Crippen molar-refractivity contribution in [3.05, 3.63) is 23.5 Å². The van der Waals surface area contributed by atoms with Crippen LogP contribution in [0.3, 0.4) is 0 Å². The molecule has 0 bridgehead atoms. The summed E-state index contributed by atoms with van der Waals surface area (Å²) in [4.78, 5) is 11.0. The van der Waals surface area contributed by atoms with E-state index in [1.807, 2.05) is 0 Å². The number of benzene rings is 1. The predicted octanol–water partition coefficient (Wildman–Crippen LogP) is -1.23. The van der Waals surface area contributed by atoms with Crippen LogP contribution in [0.25, 0.3) is 0 Å². The van der Waals surface area contributed by atoms with Crippen molar-refractivity contribution in [1.82, 2.24) is 0 Å². The third kappa shape index (κ3) is 3.31. The molecule has 8 heteroatoms. The predicted molar refractivity (Wildman–Crippen MR) is 52.1 cm³/mol. The standard InChI is InChI=1S/C9H7BF4NO.K/c11-7-4-8-5(1-2-9(16)15-8)3-6(7)10(12,13)14;/h3-4H,1-2H2,(H,15,16);/q-1;+1. The molecule has 86 valence electrons. The van der Waals surface area contributed by atoms with Gasteiger partial charge in [-0.2, -0.15) is 0 Å². The van der Waals surface area contributed by atoms with Gasteiger partial charge in [0, 0.05) is 12.1 Å². The Morgan fingerprint density at radius 1 is 1.18 bits per heavy atom. The Bertz CT molecular complexity index is 463. The number of halogens is 4. The first-order valence-electron chi connectivity index (χ1n) is 4.70. The van der Waals surface area contributed by atoms with Gasteiger partial charge in [-0.3, -0.25) is 4.79 Å². The maximum atomic E-state index is 13.1. The van der Waals surface area contributed by atoms with E-state index in [9.17, 15) is 22.1 Å². The minimum Gasteiger partial charge on any atom is -0.445 e. The van der Waals surface area contributed by atoms with Gasteiger partial charge in [0.05, 0.1) is 5.82 Å². The monoisotopic (exact) mass is 271 g/mol. The first kappa shape index (κ1) is 15.2. The van der Waals surface area contributed by atoms with Gasteiger partial charge in [-0.05, 0) is 18.1 Å². The van der Waals surface area contributed by atoms with Gasteiger partial charge in [0.15, 0.2) is 0 Å². The molecule has 1 heterocycles. The number of anilines is 1. The van der Waals surface area contributed by atoms with Gasteiger partial charge >= 0.3 is 58.4 Å². The van der Waals surface area contributed by atoms with Crippen molar-refractivity contribution in [3.8, 4) is 0 Å². The molecule has 0 saturated heterocycles. The number of aryl methyl sites for hydroxylation is 1. The molecule has 2 rings (SSSR count). The first-order valence-corrected chi connectivity index (χ1v) is 4.70. The van der Waals surface area contributed by atoms with Crippen LogP contribution in [0.1, 0.15) is 12.0 Å². The minimum atomic E-state index is -5.35. The maximum Gasteiger partial charge on any atom is 1.00 e. The van der Waals surface area contributed by atoms with E-state index in [1.165, 1.54) is 0 Å². The zero-order chi connectivity index (χ0) is 11.9. The van der Waals surface area contributed by atoms with Crippen molar-refractivity contribution in [2.45, 2.75) is 12.8 Å². The molecule has 2 nitrogen and oxygen atoms in total. The molecule has 1 aromatic rings. The molecule has 0 radical (unpaired) electrons. The second kappa shape index (κ2) is 5.40. The Labute approximate surface area is 138 Å². The molecule has 1 aromatic carbocycles. The number of carbonyl (C=O) groups is 1. The van der Waals surface area contributed by atoms with Gasteiger partial charge in [0.2, 0.25) is 5.91 Å². The van der Waals surface area contributed by atoms with Gasteiger partial charge in [-0.1, -0.05) is 11.5 Å². The van der Waals surface area contributed by atoms with Crippen LogP contribution >= 0.6 is 0 Å². The Morgan fingerprint density at radius 3 is 2.41 bits per heavy atom. The summed E-state index contributed by atoms with van der Waals surface area (Å²) in [6.45, 7) is -5.35. The second-order valence-corrected chi connectivity index (χ2v) is 3.65. The summed E-state index contributed by atoms with van der Waals surface area (Å²) in [7, 11) is 0. The summed E-state index contributed by atoms with van der Waals surface area (Å²) < 4.78 is 50.4. The molecule has 1 aliphatic heterocycles. The van der Waals surface area contributed by atoms with E-state index in [4.69, 9.17) is 0 Å². The fraction of sp³-hybridized carbons (Fsp3) is 0.222. The summed E-state index contributed by atoms with van der Waals surface area (Å²) in [5, 5.41) is 2.34. The summed E-state index contributed by atoms with van der Waals surface area (Å²) in [6.07, 6.45) is 0.337. The molecule has 1 amide bonds. The van der Waals surface area contributed by atoms with Gasteiger partial charge in [0.25, 0.3) is 0 Å². The largest absolute Gasteiger partial charge is 1.00 e. The molecule has 1 N–H and O–H groups in total. The number of rotatable bonds is 1. The fourth-order valence-electron chi connectivity index (χ4n) is 1.67. The molecular formula is C9H7BF4KNO. The molecule has 17 heavy (non-hydrogen) atoms. The van der Waals surface area contributed by atoms with Crippen LogP contribution in [0.4, 0.5) is 23.0 Å². The Kier molecular flexibility index (Phi) is 4.82. The van der Waals surface area contributed by atoms with E-state index in [1.54, 1.807) is 0 Å². The minimum absolute atomic E-state index is 0. The maximum absolute atomic E-state index is 13.1. The van der Waals surface area contributed by atoms with Crippen LogP contribution in [-0.4, -0.2) is 12.9 Å². The molecule has 0 aliphatic carbocycles. The van der Waals surface area contributed by atoms with Crippen molar-refractivity contribution >= 4 is 24.0 Å². The first-order chi connectivity index (χ1) is 7.38. The van der Waals surface area contributed by atoms with Crippen molar-refractivity contribution in [1.29, 1.82) is 0 Å². The molecule has 0 saturated carbocycles. The van der Waals surface area contributed by atoms with Gasteiger partial charge in [-0.15, -0.1) is 0 Å². The number of carbonyl (C=O) groups excluding carboxylic acids is 1. The van der Waals surface area contributed by atoms with Gasteiger partial charge in [-0.25, -0.2) is 4.39 Å². The van der Waals surface area contributed by atoms with Crippen molar-refractivity contribution < 1.29 is 73.5 Å². The number of nitrogens with one attached hydrogen (secondary N) is 1. The van der Waals surface area contributed by atoms with Crippen molar-refractivity contribution in [2.75, 3.05) is 5.32 Å². The summed E-state index contributed by atoms with van der Waals surface area (Å²) in [6, 6.07) is 1.51. The topological polar surface area (TPSA) is 29.1 Å². The third-order valence-corrected chi connectivity index (χ3v) is 2.47. The van der Waals surface area contributed by atoms with Crippen LogP contribution in [-0.2, 0) is 11.2 Å². The van der Waals surface area contributed by atoms with E-state index in [0.29, 0.717) is 5.56 Å². The molecular weight excluding hydrogens is 264 g/mol. The summed E-state index contributed by atoms with van der Waals surface area (Å²) in [5.74, 6) is -1.65. The van der Waals surface area contributed by atoms with Crippen molar-refractivity contribution in [2.24, 2.45) is 0 Å². The zero-order valence-electron chi connectivity index (χ0n) is 9.07. The molecule has 0 spiro atoms. The average molecular weight is 271 g/mol. The Balaban J connectivity index is 0.00000144. The molecule has 0 fully saturated rings. The normalized spacial score (nSPS) is 14.7. The van der Waals surface area contributed by atoms with Crippen LogP contribution in [0.2, 0.25) is 0 Å². The van der Waals surface area contributed by atoms with Crippen LogP contribution in [0.15, 0.2) is 12.1 Å². The van der Waals surface area contributed by atoms with Crippen LogP contribution in [0, 0.1) is 5.82 Å². The third-order valence-electron chi connectivity index (χ3n) is 2.47. The molecule has 0 aromatic heterocycles. The number of hydrogen-bond acceptors (Lipinski definition) is 1. The number of amides is 1. The van der Waals surface area contributed by atoms with E-state index in [-0.39, 0.29) is 75.8 Å². The fourth-order valence-corrected chi connectivity index (χ4v) is 1.67. The zero-order valence-corrected chi connectivity index (χ0v) is 12.2. The quantitative estimate of drug-likeness (QED) is 0.503. The Morgan fingerprint density at radius 2 is 1.82 bits per heavy atom.